The van der Waals surface area contributed by atoms with E-state index in [2.05, 4.69) is 51.7 Å². The van der Waals surface area contributed by atoms with Gasteiger partial charge in [-0.1, -0.05) is 36.4 Å². The average molecular weight is 444 g/mol. The number of nitrogens with zero attached hydrogens (tertiary/aromatic N) is 3. The fourth-order valence-corrected chi connectivity index (χ4v) is 4.99. The number of benzene rings is 2. The summed E-state index contributed by atoms with van der Waals surface area (Å²) in [5, 5.41) is 2.13. The first kappa shape index (κ1) is 20.8. The number of thiophene rings is 1. The normalized spacial score (nSPS) is 14.1. The van der Waals surface area contributed by atoms with Crippen molar-refractivity contribution in [1.82, 2.24) is 9.97 Å². The van der Waals surface area contributed by atoms with Crippen molar-refractivity contribution in [2.45, 2.75) is 19.8 Å². The maximum atomic E-state index is 11.5. The van der Waals surface area contributed by atoms with Crippen LogP contribution in [0.15, 0.2) is 60.1 Å². The molecular formula is C26H25N3O2S. The summed E-state index contributed by atoms with van der Waals surface area (Å²) in [4.78, 5) is 23.4. The van der Waals surface area contributed by atoms with E-state index in [4.69, 9.17) is 9.72 Å². The van der Waals surface area contributed by atoms with Gasteiger partial charge >= 0.3 is 0 Å². The Morgan fingerprint density at radius 2 is 1.91 bits per heavy atom. The maximum absolute atomic E-state index is 11.5. The standard InChI is InChI=1S/C26H25N3O2S/c1-18(30)13-20-3-2-4-21(14-20)23-17-32-24-16-27-25(28-26(23)24)15-19-5-7-22(8-6-19)29-9-11-31-12-10-29/h2-8,14,16-17H,9-13,15H2,1H3. The molecule has 1 saturated heterocycles. The van der Waals surface area contributed by atoms with E-state index in [0.29, 0.717) is 12.8 Å². The molecule has 2 aromatic heterocycles. The van der Waals surface area contributed by atoms with Crippen LogP contribution in [0.2, 0.25) is 0 Å². The molecule has 0 saturated carbocycles. The van der Waals surface area contributed by atoms with Crippen molar-refractivity contribution in [1.29, 1.82) is 0 Å². The molecule has 0 N–H and O–H groups in total. The molecule has 0 spiro atoms. The zero-order valence-corrected chi connectivity index (χ0v) is 18.9. The summed E-state index contributed by atoms with van der Waals surface area (Å²) in [6, 6.07) is 16.9. The van der Waals surface area contributed by atoms with E-state index in [1.807, 2.05) is 18.3 Å². The van der Waals surface area contributed by atoms with Gasteiger partial charge in [-0.25, -0.2) is 9.97 Å². The van der Waals surface area contributed by atoms with Crippen LogP contribution >= 0.6 is 11.3 Å². The van der Waals surface area contributed by atoms with Gasteiger partial charge in [-0.3, -0.25) is 4.79 Å². The minimum Gasteiger partial charge on any atom is -0.378 e. The van der Waals surface area contributed by atoms with Crippen molar-refractivity contribution in [3.8, 4) is 11.1 Å². The lowest BCUT2D eigenvalue weighted by molar-refractivity contribution is -0.116. The molecule has 32 heavy (non-hydrogen) atoms. The summed E-state index contributed by atoms with van der Waals surface area (Å²) < 4.78 is 6.52. The second-order valence-electron chi connectivity index (χ2n) is 8.17. The van der Waals surface area contributed by atoms with Crippen LogP contribution in [0.1, 0.15) is 23.9 Å². The van der Waals surface area contributed by atoms with Gasteiger partial charge in [0.1, 0.15) is 11.6 Å². The Morgan fingerprint density at radius 3 is 2.69 bits per heavy atom. The summed E-state index contributed by atoms with van der Waals surface area (Å²) >= 11 is 1.65. The van der Waals surface area contributed by atoms with Crippen molar-refractivity contribution in [3.05, 3.63) is 77.1 Å². The lowest BCUT2D eigenvalue weighted by atomic mass is 10.0. The SMILES string of the molecule is CC(=O)Cc1cccc(-c2csc3cnc(Cc4ccc(N5CCOCC5)cc4)nc23)c1. The number of anilines is 1. The summed E-state index contributed by atoms with van der Waals surface area (Å²) in [6.45, 7) is 5.08. The molecule has 0 bridgehead atoms. The van der Waals surface area contributed by atoms with Gasteiger partial charge in [0.05, 0.1) is 23.4 Å². The van der Waals surface area contributed by atoms with E-state index in [0.717, 1.165) is 59.0 Å². The highest BCUT2D eigenvalue weighted by Gasteiger charge is 2.13. The number of carbonyl (C=O) groups is 1. The van der Waals surface area contributed by atoms with Crippen LogP contribution in [0.5, 0.6) is 0 Å². The summed E-state index contributed by atoms with van der Waals surface area (Å²) in [5.74, 6) is 0.984. The molecular weight excluding hydrogens is 418 g/mol. The molecule has 0 aliphatic carbocycles. The minimum absolute atomic E-state index is 0.168. The molecule has 1 aliphatic rings. The van der Waals surface area contributed by atoms with Gasteiger partial charge in [0, 0.05) is 48.8 Å². The third kappa shape index (κ3) is 4.56. The van der Waals surface area contributed by atoms with Gasteiger partial charge in [0.15, 0.2) is 0 Å². The molecule has 0 amide bonds. The zero-order chi connectivity index (χ0) is 21.9. The van der Waals surface area contributed by atoms with Crippen LogP contribution in [0.4, 0.5) is 5.69 Å². The highest BCUT2D eigenvalue weighted by atomic mass is 32.1. The summed E-state index contributed by atoms with van der Waals surface area (Å²) in [6.07, 6.45) is 3.07. The van der Waals surface area contributed by atoms with Crippen molar-refractivity contribution >= 4 is 33.0 Å². The first-order valence-corrected chi connectivity index (χ1v) is 11.8. The Labute approximate surface area is 191 Å². The predicted molar refractivity (Wildman–Crippen MR) is 130 cm³/mol. The fraction of sp³-hybridized carbons (Fsp3) is 0.269. The number of ketones is 1. The first-order chi connectivity index (χ1) is 15.7. The average Bonchev–Trinajstić information content (AvgIpc) is 3.23. The Hall–Kier alpha value is -3.09. The number of Topliss-reactive ketones (excluding diaryl/α,β-unsaturated/α-hetero) is 1. The number of ether oxygens (including phenoxy) is 1. The van der Waals surface area contributed by atoms with Crippen molar-refractivity contribution < 1.29 is 9.53 Å². The minimum atomic E-state index is 0.168. The molecule has 5 nitrogen and oxygen atoms in total. The van der Waals surface area contributed by atoms with E-state index in [-0.39, 0.29) is 5.78 Å². The van der Waals surface area contributed by atoms with Gasteiger partial charge < -0.3 is 9.64 Å². The van der Waals surface area contributed by atoms with Gasteiger partial charge in [0.25, 0.3) is 0 Å². The van der Waals surface area contributed by atoms with Crippen LogP contribution in [-0.2, 0) is 22.4 Å². The molecule has 0 unspecified atom stereocenters. The molecule has 2 aromatic carbocycles. The van der Waals surface area contributed by atoms with E-state index < -0.39 is 0 Å². The number of carbonyl (C=O) groups excluding carboxylic acids is 1. The third-order valence-electron chi connectivity index (χ3n) is 5.73. The monoisotopic (exact) mass is 443 g/mol. The smallest absolute Gasteiger partial charge is 0.134 e. The van der Waals surface area contributed by atoms with Gasteiger partial charge in [-0.15, -0.1) is 11.3 Å². The number of hydrogen-bond acceptors (Lipinski definition) is 6. The first-order valence-electron chi connectivity index (χ1n) is 10.9. The van der Waals surface area contributed by atoms with Crippen molar-refractivity contribution in [2.24, 2.45) is 0 Å². The molecule has 1 fully saturated rings. The summed E-state index contributed by atoms with van der Waals surface area (Å²) in [7, 11) is 0. The number of hydrogen-bond donors (Lipinski definition) is 0. The largest absolute Gasteiger partial charge is 0.378 e. The fourth-order valence-electron chi connectivity index (χ4n) is 4.12. The number of rotatable bonds is 6. The highest BCUT2D eigenvalue weighted by Crippen LogP contribution is 2.33. The molecule has 0 atom stereocenters. The second-order valence-corrected chi connectivity index (χ2v) is 9.08. The van der Waals surface area contributed by atoms with Gasteiger partial charge in [-0.2, -0.15) is 0 Å². The quantitative estimate of drug-likeness (QED) is 0.424. The molecule has 1 aliphatic heterocycles. The van der Waals surface area contributed by atoms with E-state index in [1.165, 1.54) is 11.3 Å². The lowest BCUT2D eigenvalue weighted by Crippen LogP contribution is -2.36. The van der Waals surface area contributed by atoms with Crippen LogP contribution < -0.4 is 4.90 Å². The Kier molecular flexibility index (Phi) is 5.97. The van der Waals surface area contributed by atoms with Crippen LogP contribution in [0.3, 0.4) is 0 Å². The number of morpholine rings is 1. The van der Waals surface area contributed by atoms with E-state index in [1.54, 1.807) is 18.3 Å². The zero-order valence-electron chi connectivity index (χ0n) is 18.1. The molecule has 5 rings (SSSR count). The predicted octanol–water partition coefficient (Wildman–Crippen LogP) is 4.92. The van der Waals surface area contributed by atoms with Crippen molar-refractivity contribution in [2.75, 3.05) is 31.2 Å². The van der Waals surface area contributed by atoms with Gasteiger partial charge in [-0.05, 0) is 35.7 Å². The number of aromatic nitrogens is 2. The lowest BCUT2D eigenvalue weighted by Gasteiger charge is -2.28. The Bertz CT molecular complexity index is 1240. The molecule has 0 radical (unpaired) electrons. The molecule has 6 heteroatoms. The van der Waals surface area contributed by atoms with Crippen LogP contribution in [-0.4, -0.2) is 42.1 Å². The third-order valence-corrected chi connectivity index (χ3v) is 6.64. The van der Waals surface area contributed by atoms with E-state index in [9.17, 15) is 4.79 Å². The van der Waals surface area contributed by atoms with E-state index >= 15 is 0 Å². The molecule has 162 valence electrons. The summed E-state index contributed by atoms with van der Waals surface area (Å²) in [5.41, 5.74) is 6.63. The molecule has 4 aromatic rings. The van der Waals surface area contributed by atoms with Gasteiger partial charge in [0.2, 0.25) is 0 Å². The maximum Gasteiger partial charge on any atom is 0.134 e. The second kappa shape index (κ2) is 9.18. The Morgan fingerprint density at radius 1 is 1.09 bits per heavy atom. The van der Waals surface area contributed by atoms with Crippen LogP contribution in [0.25, 0.3) is 21.3 Å². The molecule has 3 heterocycles. The van der Waals surface area contributed by atoms with Crippen molar-refractivity contribution in [3.63, 3.8) is 0 Å². The number of fused-ring (bicyclic) bond motifs is 1. The highest BCUT2D eigenvalue weighted by molar-refractivity contribution is 7.17. The van der Waals surface area contributed by atoms with Crippen LogP contribution in [0, 0.1) is 0 Å². The topological polar surface area (TPSA) is 55.3 Å². The Balaban J connectivity index is 1.38.